The fourth-order valence-electron chi connectivity index (χ4n) is 2.97. The van der Waals surface area contributed by atoms with Gasteiger partial charge in [0.1, 0.15) is 11.5 Å². The van der Waals surface area contributed by atoms with Crippen molar-refractivity contribution >= 4 is 35.7 Å². The number of hydrogen-bond acceptors (Lipinski definition) is 6. The Balaban J connectivity index is 1.44. The van der Waals surface area contributed by atoms with Crippen LogP contribution in [-0.4, -0.2) is 29.9 Å². The summed E-state index contributed by atoms with van der Waals surface area (Å²) >= 11 is 1.64. The molecule has 1 aromatic heterocycles. The molecular weight excluding hydrogens is 416 g/mol. The van der Waals surface area contributed by atoms with Gasteiger partial charge in [-0.05, 0) is 48.0 Å². The van der Waals surface area contributed by atoms with Crippen LogP contribution in [0.15, 0.2) is 86.6 Å². The number of esters is 1. The molecule has 1 aliphatic rings. The zero-order chi connectivity index (χ0) is 21.8. The molecule has 0 bridgehead atoms. The third-order valence-electron chi connectivity index (χ3n) is 4.49. The third-order valence-corrected chi connectivity index (χ3v) is 5.51. The second-order valence-electron chi connectivity index (χ2n) is 6.62. The minimum atomic E-state index is -0.627. The molecule has 1 aliphatic heterocycles. The van der Waals surface area contributed by atoms with Crippen molar-refractivity contribution in [2.24, 2.45) is 0 Å². The molecule has 7 nitrogen and oxygen atoms in total. The molecule has 0 atom stereocenters. The van der Waals surface area contributed by atoms with E-state index in [0.29, 0.717) is 5.76 Å². The summed E-state index contributed by atoms with van der Waals surface area (Å²) in [5.41, 5.74) is 0.960. The lowest BCUT2D eigenvalue weighted by Gasteiger charge is -2.09. The summed E-state index contributed by atoms with van der Waals surface area (Å²) < 4.78 is 9.92. The van der Waals surface area contributed by atoms with Crippen molar-refractivity contribution in [3.05, 3.63) is 89.5 Å². The number of hydrogen-bond donors (Lipinski definition) is 1. The number of imide groups is 1. The number of nitrogens with zero attached hydrogens (tertiary/aromatic N) is 1. The summed E-state index contributed by atoms with van der Waals surface area (Å²) in [5, 5.41) is 2.58. The van der Waals surface area contributed by atoms with E-state index >= 15 is 0 Å². The molecule has 3 aromatic rings. The maximum Gasteiger partial charge on any atom is 0.373 e. The van der Waals surface area contributed by atoms with E-state index in [9.17, 15) is 14.4 Å². The zero-order valence-corrected chi connectivity index (χ0v) is 17.3. The molecule has 31 heavy (non-hydrogen) atoms. The molecule has 0 radical (unpaired) electrons. The Morgan fingerprint density at radius 3 is 2.45 bits per heavy atom. The fraction of sp³-hybridized carbons (Fsp3) is 0.0870. The van der Waals surface area contributed by atoms with Crippen LogP contribution in [0, 0.1) is 0 Å². The van der Waals surface area contributed by atoms with E-state index in [-0.39, 0.29) is 18.0 Å². The average Bonchev–Trinajstić information content (AvgIpc) is 3.36. The summed E-state index contributed by atoms with van der Waals surface area (Å²) in [6, 6.07) is 20.1. The summed E-state index contributed by atoms with van der Waals surface area (Å²) in [4.78, 5) is 39.6. The molecule has 4 rings (SSSR count). The van der Waals surface area contributed by atoms with Crippen LogP contribution in [0.2, 0.25) is 0 Å². The molecule has 156 valence electrons. The SMILES string of the molecule is COC(=O)c1ccc(CN2C(=O)N/C(=C\c3ccc(Sc4ccccc4)cc3)C2=O)o1. The lowest BCUT2D eigenvalue weighted by Crippen LogP contribution is -2.30. The number of benzene rings is 2. The van der Waals surface area contributed by atoms with Gasteiger partial charge in [0, 0.05) is 9.79 Å². The first-order valence-electron chi connectivity index (χ1n) is 9.38. The highest BCUT2D eigenvalue weighted by Crippen LogP contribution is 2.28. The first-order chi connectivity index (χ1) is 15.0. The van der Waals surface area contributed by atoms with Gasteiger partial charge in [-0.2, -0.15) is 0 Å². The number of amides is 3. The topological polar surface area (TPSA) is 88.9 Å². The van der Waals surface area contributed by atoms with Crippen LogP contribution in [0.4, 0.5) is 4.79 Å². The van der Waals surface area contributed by atoms with Gasteiger partial charge < -0.3 is 14.5 Å². The molecule has 1 fully saturated rings. The highest BCUT2D eigenvalue weighted by molar-refractivity contribution is 7.99. The number of urea groups is 1. The second-order valence-corrected chi connectivity index (χ2v) is 7.77. The van der Waals surface area contributed by atoms with E-state index in [2.05, 4.69) is 10.1 Å². The number of methoxy groups -OCH3 is 1. The summed E-state index contributed by atoms with van der Waals surface area (Å²) in [7, 11) is 1.24. The van der Waals surface area contributed by atoms with Gasteiger partial charge in [0.05, 0.1) is 13.7 Å². The average molecular weight is 434 g/mol. The Labute approximate surface area is 182 Å². The van der Waals surface area contributed by atoms with E-state index < -0.39 is 17.9 Å². The molecule has 1 saturated heterocycles. The number of carbonyl (C=O) groups is 3. The monoisotopic (exact) mass is 434 g/mol. The number of carbonyl (C=O) groups excluding carboxylic acids is 3. The van der Waals surface area contributed by atoms with Crippen LogP contribution in [0.1, 0.15) is 21.9 Å². The van der Waals surface area contributed by atoms with Crippen molar-refractivity contribution in [3.63, 3.8) is 0 Å². The highest BCUT2D eigenvalue weighted by Gasteiger charge is 2.34. The molecule has 1 N–H and O–H groups in total. The van der Waals surface area contributed by atoms with E-state index in [4.69, 9.17) is 4.42 Å². The minimum absolute atomic E-state index is 0.00813. The van der Waals surface area contributed by atoms with Crippen molar-refractivity contribution in [3.8, 4) is 0 Å². The third kappa shape index (κ3) is 4.70. The lowest BCUT2D eigenvalue weighted by molar-refractivity contribution is -0.123. The minimum Gasteiger partial charge on any atom is -0.463 e. The lowest BCUT2D eigenvalue weighted by atomic mass is 10.2. The molecule has 0 spiro atoms. The summed E-state index contributed by atoms with van der Waals surface area (Å²) in [6.45, 7) is -0.0916. The number of nitrogens with one attached hydrogen (secondary N) is 1. The van der Waals surface area contributed by atoms with E-state index in [0.717, 1.165) is 20.3 Å². The number of rotatable bonds is 6. The summed E-state index contributed by atoms with van der Waals surface area (Å²) in [6.07, 6.45) is 1.62. The normalized spacial score (nSPS) is 14.7. The molecule has 0 aliphatic carbocycles. The van der Waals surface area contributed by atoms with Gasteiger partial charge in [-0.3, -0.25) is 9.69 Å². The maximum atomic E-state index is 12.7. The van der Waals surface area contributed by atoms with Gasteiger partial charge in [0.2, 0.25) is 5.76 Å². The van der Waals surface area contributed by atoms with Gasteiger partial charge in [-0.15, -0.1) is 0 Å². The standard InChI is InChI=1S/C23H18N2O5S/c1-29-22(27)20-12-9-16(30-20)14-25-21(26)19(24-23(25)28)13-15-7-10-18(11-8-15)31-17-5-3-2-4-6-17/h2-13H,14H2,1H3,(H,24,28)/b19-13-. The van der Waals surface area contributed by atoms with E-state index in [1.807, 2.05) is 54.6 Å². The Morgan fingerprint density at radius 1 is 1.03 bits per heavy atom. The van der Waals surface area contributed by atoms with Crippen LogP contribution < -0.4 is 5.32 Å². The quantitative estimate of drug-likeness (QED) is 0.353. The van der Waals surface area contributed by atoms with Crippen LogP contribution in [0.25, 0.3) is 6.08 Å². The van der Waals surface area contributed by atoms with Gasteiger partial charge in [0.25, 0.3) is 5.91 Å². The largest absolute Gasteiger partial charge is 0.463 e. The molecule has 8 heteroatoms. The van der Waals surface area contributed by atoms with Gasteiger partial charge in [-0.25, -0.2) is 9.59 Å². The van der Waals surface area contributed by atoms with Crippen LogP contribution in [0.5, 0.6) is 0 Å². The molecule has 3 amide bonds. The molecule has 2 heterocycles. The van der Waals surface area contributed by atoms with Crippen molar-refractivity contribution < 1.29 is 23.5 Å². The Morgan fingerprint density at radius 2 is 1.74 bits per heavy atom. The molecule has 2 aromatic carbocycles. The van der Waals surface area contributed by atoms with Gasteiger partial charge in [-0.1, -0.05) is 42.1 Å². The van der Waals surface area contributed by atoms with Crippen molar-refractivity contribution in [2.45, 2.75) is 16.3 Å². The predicted octanol–water partition coefficient (Wildman–Crippen LogP) is 4.31. The Hall–Kier alpha value is -3.78. The van der Waals surface area contributed by atoms with E-state index in [1.54, 1.807) is 17.8 Å². The van der Waals surface area contributed by atoms with Crippen molar-refractivity contribution in [1.29, 1.82) is 0 Å². The summed E-state index contributed by atoms with van der Waals surface area (Å²) in [5.74, 6) is -0.789. The van der Waals surface area contributed by atoms with Gasteiger partial charge >= 0.3 is 12.0 Å². The first-order valence-corrected chi connectivity index (χ1v) is 10.2. The van der Waals surface area contributed by atoms with Crippen LogP contribution in [0.3, 0.4) is 0 Å². The van der Waals surface area contributed by atoms with Crippen LogP contribution in [-0.2, 0) is 16.1 Å². The molecule has 0 saturated carbocycles. The molecular formula is C23H18N2O5S. The second kappa shape index (κ2) is 8.93. The van der Waals surface area contributed by atoms with Crippen molar-refractivity contribution in [2.75, 3.05) is 7.11 Å². The smallest absolute Gasteiger partial charge is 0.373 e. The molecule has 0 unspecified atom stereocenters. The van der Waals surface area contributed by atoms with Crippen LogP contribution >= 0.6 is 11.8 Å². The maximum absolute atomic E-state index is 12.7. The number of ether oxygens (including phenoxy) is 1. The zero-order valence-electron chi connectivity index (χ0n) is 16.5. The Bertz CT molecular complexity index is 1150. The number of furan rings is 1. The first kappa shape index (κ1) is 20.5. The predicted molar refractivity (Wildman–Crippen MR) is 114 cm³/mol. The van der Waals surface area contributed by atoms with E-state index in [1.165, 1.54) is 19.2 Å². The van der Waals surface area contributed by atoms with Gasteiger partial charge in [0.15, 0.2) is 0 Å². The Kier molecular flexibility index (Phi) is 5.90. The fourth-order valence-corrected chi connectivity index (χ4v) is 3.81. The highest BCUT2D eigenvalue weighted by atomic mass is 32.2. The van der Waals surface area contributed by atoms with Crippen molar-refractivity contribution in [1.82, 2.24) is 10.2 Å².